The molecule has 6 nitrogen and oxygen atoms in total. The summed E-state index contributed by atoms with van der Waals surface area (Å²) in [5.41, 5.74) is 6.73. The van der Waals surface area contributed by atoms with Crippen molar-refractivity contribution in [1.29, 1.82) is 0 Å². The Hall–Kier alpha value is -1.63. The minimum Gasteiger partial charge on any atom is -0.383 e. The van der Waals surface area contributed by atoms with Crippen molar-refractivity contribution in [1.82, 2.24) is 9.80 Å². The molecule has 0 aliphatic carbocycles. The predicted molar refractivity (Wildman–Crippen MR) is 87.8 cm³/mol. The molecule has 0 spiro atoms. The summed E-state index contributed by atoms with van der Waals surface area (Å²) >= 11 is 0. The zero-order valence-corrected chi connectivity index (χ0v) is 14.0. The Balaban J connectivity index is 0.00000441. The van der Waals surface area contributed by atoms with Crippen LogP contribution in [-0.4, -0.2) is 62.5 Å². The van der Waals surface area contributed by atoms with Crippen LogP contribution >= 0.6 is 12.4 Å². The van der Waals surface area contributed by atoms with E-state index in [0.717, 1.165) is 5.56 Å². The number of carbonyl (C=O) groups excluding carboxylic acids is 2. The molecule has 1 unspecified atom stereocenters. The number of likely N-dealkylation sites (N-methyl/N-ethyl adjacent to an activating group) is 1. The number of rotatable bonds is 7. The summed E-state index contributed by atoms with van der Waals surface area (Å²) in [5, 5.41) is 0. The third-order valence-electron chi connectivity index (χ3n) is 3.13. The maximum Gasteiger partial charge on any atom is 0.244 e. The van der Waals surface area contributed by atoms with Gasteiger partial charge in [-0.25, -0.2) is 0 Å². The highest BCUT2D eigenvalue weighted by Crippen LogP contribution is 2.13. The van der Waals surface area contributed by atoms with Crippen LogP contribution in [-0.2, 0) is 14.3 Å². The molecule has 0 saturated carbocycles. The summed E-state index contributed by atoms with van der Waals surface area (Å²) in [6, 6.07) is 8.33. The van der Waals surface area contributed by atoms with E-state index in [4.69, 9.17) is 10.5 Å². The third-order valence-corrected chi connectivity index (χ3v) is 3.13. The Morgan fingerprint density at radius 3 is 2.32 bits per heavy atom. The Morgan fingerprint density at radius 1 is 1.23 bits per heavy atom. The van der Waals surface area contributed by atoms with Crippen molar-refractivity contribution in [3.05, 3.63) is 35.9 Å². The van der Waals surface area contributed by atoms with E-state index in [1.807, 2.05) is 18.2 Å². The summed E-state index contributed by atoms with van der Waals surface area (Å²) in [6.07, 6.45) is 0. The first kappa shape index (κ1) is 20.4. The smallest absolute Gasteiger partial charge is 0.244 e. The molecule has 1 atom stereocenters. The molecule has 22 heavy (non-hydrogen) atoms. The van der Waals surface area contributed by atoms with Crippen LogP contribution < -0.4 is 5.73 Å². The second-order valence-electron chi connectivity index (χ2n) is 4.93. The SMILES string of the molecule is COCCN(CC(=O)N(C)C)C(=O)C(N)c1ccccc1.Cl. The van der Waals surface area contributed by atoms with E-state index in [2.05, 4.69) is 0 Å². The predicted octanol–water partition coefficient (Wildman–Crippen LogP) is 0.671. The molecule has 2 N–H and O–H groups in total. The van der Waals surface area contributed by atoms with E-state index in [0.29, 0.717) is 13.2 Å². The fourth-order valence-corrected chi connectivity index (χ4v) is 1.77. The first-order chi connectivity index (χ1) is 9.97. The average molecular weight is 330 g/mol. The number of benzene rings is 1. The minimum atomic E-state index is -0.780. The van der Waals surface area contributed by atoms with Crippen molar-refractivity contribution in [3.8, 4) is 0 Å². The first-order valence-electron chi connectivity index (χ1n) is 6.75. The third kappa shape index (κ3) is 6.01. The Morgan fingerprint density at radius 2 is 1.82 bits per heavy atom. The quantitative estimate of drug-likeness (QED) is 0.798. The van der Waals surface area contributed by atoms with Gasteiger partial charge >= 0.3 is 0 Å². The molecule has 2 amide bonds. The maximum absolute atomic E-state index is 12.5. The summed E-state index contributed by atoms with van der Waals surface area (Å²) in [4.78, 5) is 27.2. The summed E-state index contributed by atoms with van der Waals surface area (Å²) in [6.45, 7) is 0.680. The van der Waals surface area contributed by atoms with E-state index in [1.54, 1.807) is 33.3 Å². The minimum absolute atomic E-state index is 0. The van der Waals surface area contributed by atoms with Gasteiger partial charge in [-0.1, -0.05) is 30.3 Å². The second kappa shape index (κ2) is 10.2. The number of hydrogen-bond donors (Lipinski definition) is 1. The lowest BCUT2D eigenvalue weighted by Crippen LogP contribution is -2.45. The summed E-state index contributed by atoms with van der Waals surface area (Å²) in [5.74, 6) is -0.437. The molecule has 1 rings (SSSR count). The summed E-state index contributed by atoms with van der Waals surface area (Å²) < 4.78 is 4.99. The van der Waals surface area contributed by atoms with Crippen molar-refractivity contribution in [2.24, 2.45) is 5.73 Å². The van der Waals surface area contributed by atoms with Crippen molar-refractivity contribution < 1.29 is 14.3 Å². The van der Waals surface area contributed by atoms with Gasteiger partial charge < -0.3 is 20.3 Å². The molecule has 0 aromatic heterocycles. The maximum atomic E-state index is 12.5. The van der Waals surface area contributed by atoms with Crippen molar-refractivity contribution in [2.75, 3.05) is 40.9 Å². The monoisotopic (exact) mass is 329 g/mol. The average Bonchev–Trinajstić information content (AvgIpc) is 2.50. The molecule has 0 bridgehead atoms. The van der Waals surface area contributed by atoms with E-state index in [9.17, 15) is 9.59 Å². The number of nitrogens with zero attached hydrogens (tertiary/aromatic N) is 2. The number of hydrogen-bond acceptors (Lipinski definition) is 4. The number of methoxy groups -OCH3 is 1. The van der Waals surface area contributed by atoms with Gasteiger partial charge in [0.15, 0.2) is 0 Å². The fraction of sp³-hybridized carbons (Fsp3) is 0.467. The number of halogens is 1. The van der Waals surface area contributed by atoms with Crippen molar-refractivity contribution in [2.45, 2.75) is 6.04 Å². The molecule has 1 aromatic rings. The molecule has 0 fully saturated rings. The molecule has 0 saturated heterocycles. The van der Waals surface area contributed by atoms with Gasteiger partial charge in [0.1, 0.15) is 6.04 Å². The van der Waals surface area contributed by atoms with E-state index in [1.165, 1.54) is 9.80 Å². The van der Waals surface area contributed by atoms with Gasteiger partial charge in [-0.2, -0.15) is 0 Å². The molecule has 0 aliphatic heterocycles. The number of amides is 2. The van der Waals surface area contributed by atoms with E-state index in [-0.39, 0.29) is 30.8 Å². The zero-order valence-electron chi connectivity index (χ0n) is 13.2. The van der Waals surface area contributed by atoms with Crippen LogP contribution in [0.5, 0.6) is 0 Å². The second-order valence-corrected chi connectivity index (χ2v) is 4.93. The van der Waals surface area contributed by atoms with E-state index < -0.39 is 6.04 Å². The van der Waals surface area contributed by atoms with Gasteiger partial charge in [-0.3, -0.25) is 9.59 Å². The largest absolute Gasteiger partial charge is 0.383 e. The molecule has 0 heterocycles. The molecule has 124 valence electrons. The molecule has 7 heteroatoms. The van der Waals surface area contributed by atoms with Crippen LogP contribution in [0.25, 0.3) is 0 Å². The molecule has 1 aromatic carbocycles. The van der Waals surface area contributed by atoms with Gasteiger partial charge in [-0.15, -0.1) is 12.4 Å². The van der Waals surface area contributed by atoms with Gasteiger partial charge in [-0.05, 0) is 5.56 Å². The van der Waals surface area contributed by atoms with Gasteiger partial charge in [0, 0.05) is 27.7 Å². The van der Waals surface area contributed by atoms with Crippen LogP contribution in [0, 0.1) is 0 Å². The van der Waals surface area contributed by atoms with Crippen LogP contribution in [0.1, 0.15) is 11.6 Å². The van der Waals surface area contributed by atoms with Crippen LogP contribution in [0.3, 0.4) is 0 Å². The standard InChI is InChI=1S/C15H23N3O3.ClH/c1-17(2)13(19)11-18(9-10-21-3)15(20)14(16)12-7-5-4-6-8-12;/h4-8,14H,9-11,16H2,1-3H3;1H. The van der Waals surface area contributed by atoms with Crippen molar-refractivity contribution in [3.63, 3.8) is 0 Å². The molecular formula is C15H24ClN3O3. The lowest BCUT2D eigenvalue weighted by atomic mass is 10.1. The summed E-state index contributed by atoms with van der Waals surface area (Å²) in [7, 11) is 4.85. The molecule has 0 aliphatic rings. The first-order valence-corrected chi connectivity index (χ1v) is 6.75. The zero-order chi connectivity index (χ0) is 15.8. The highest BCUT2D eigenvalue weighted by atomic mass is 35.5. The number of ether oxygens (including phenoxy) is 1. The number of nitrogens with two attached hydrogens (primary N) is 1. The van der Waals surface area contributed by atoms with Crippen LogP contribution in [0.15, 0.2) is 30.3 Å². The normalized spacial score (nSPS) is 11.3. The Bertz CT molecular complexity index is 468. The van der Waals surface area contributed by atoms with Gasteiger partial charge in [0.2, 0.25) is 11.8 Å². The lowest BCUT2D eigenvalue weighted by Gasteiger charge is -2.26. The fourth-order valence-electron chi connectivity index (χ4n) is 1.77. The highest BCUT2D eigenvalue weighted by molar-refractivity contribution is 5.88. The van der Waals surface area contributed by atoms with Crippen LogP contribution in [0.4, 0.5) is 0 Å². The number of carbonyl (C=O) groups is 2. The topological polar surface area (TPSA) is 75.9 Å². The molecular weight excluding hydrogens is 306 g/mol. The van der Waals surface area contributed by atoms with Crippen LogP contribution in [0.2, 0.25) is 0 Å². The van der Waals surface area contributed by atoms with Gasteiger partial charge in [0.25, 0.3) is 0 Å². The Kier molecular flexibility index (Phi) is 9.40. The van der Waals surface area contributed by atoms with E-state index >= 15 is 0 Å². The lowest BCUT2D eigenvalue weighted by molar-refractivity contribution is -0.140. The highest BCUT2D eigenvalue weighted by Gasteiger charge is 2.24. The molecule has 0 radical (unpaired) electrons. The Labute approximate surface area is 137 Å². The van der Waals surface area contributed by atoms with Crippen molar-refractivity contribution >= 4 is 24.2 Å². The van der Waals surface area contributed by atoms with Gasteiger partial charge in [0.05, 0.1) is 13.2 Å².